The van der Waals surface area contributed by atoms with Crippen molar-refractivity contribution in [1.82, 2.24) is 10.6 Å². The normalized spacial score (nSPS) is 23.4. The highest BCUT2D eigenvalue weighted by atomic mass is 16.4. The van der Waals surface area contributed by atoms with E-state index in [1.54, 1.807) is 0 Å². The van der Waals surface area contributed by atoms with Crippen molar-refractivity contribution in [3.63, 3.8) is 0 Å². The van der Waals surface area contributed by atoms with E-state index in [1.807, 2.05) is 0 Å². The largest absolute Gasteiger partial charge is 0.480 e. The Morgan fingerprint density at radius 1 is 1.29 bits per heavy atom. The van der Waals surface area contributed by atoms with Gasteiger partial charge >= 0.3 is 12.0 Å². The van der Waals surface area contributed by atoms with Crippen LogP contribution in [0.25, 0.3) is 0 Å². The van der Waals surface area contributed by atoms with Gasteiger partial charge in [0.25, 0.3) is 0 Å². The molecule has 0 unspecified atom stereocenters. The van der Waals surface area contributed by atoms with Gasteiger partial charge in [0.15, 0.2) is 0 Å². The van der Waals surface area contributed by atoms with E-state index in [-0.39, 0.29) is 12.1 Å². The lowest BCUT2D eigenvalue weighted by Gasteiger charge is -2.27. The van der Waals surface area contributed by atoms with Crippen LogP contribution in [0.2, 0.25) is 0 Å². The number of nitrogens with one attached hydrogen (secondary N) is 2. The highest BCUT2D eigenvalue weighted by molar-refractivity contribution is 5.89. The molecule has 3 N–H and O–H groups in total. The van der Waals surface area contributed by atoms with Gasteiger partial charge in [-0.1, -0.05) is 0 Å². The summed E-state index contributed by atoms with van der Waals surface area (Å²) in [7, 11) is 0. The second kappa shape index (κ2) is 3.15. The van der Waals surface area contributed by atoms with Crippen LogP contribution in [0, 0.1) is 0 Å². The van der Waals surface area contributed by atoms with Gasteiger partial charge in [0.05, 0.1) is 0 Å². The number of carbonyl (C=O) groups is 2. The number of amides is 2. The van der Waals surface area contributed by atoms with E-state index in [2.05, 4.69) is 10.6 Å². The Balaban J connectivity index is 1.79. The number of hydrogen-bond acceptors (Lipinski definition) is 2. The van der Waals surface area contributed by atoms with E-state index in [9.17, 15) is 9.59 Å². The van der Waals surface area contributed by atoms with Crippen molar-refractivity contribution in [3.05, 3.63) is 0 Å². The van der Waals surface area contributed by atoms with Crippen LogP contribution in [0.1, 0.15) is 32.1 Å². The fourth-order valence-electron chi connectivity index (χ4n) is 1.51. The Hall–Kier alpha value is -1.26. The monoisotopic (exact) mass is 198 g/mol. The van der Waals surface area contributed by atoms with Crippen LogP contribution in [-0.4, -0.2) is 28.7 Å². The Morgan fingerprint density at radius 2 is 1.93 bits per heavy atom. The molecule has 14 heavy (non-hydrogen) atoms. The number of carbonyl (C=O) groups excluding carboxylic acids is 1. The first kappa shape index (κ1) is 9.30. The minimum absolute atomic E-state index is 0.250. The van der Waals surface area contributed by atoms with Crippen molar-refractivity contribution in [3.8, 4) is 0 Å². The third-order valence-corrected chi connectivity index (χ3v) is 2.95. The average Bonchev–Trinajstić information content (AvgIpc) is 2.78. The van der Waals surface area contributed by atoms with Crippen molar-refractivity contribution in [2.75, 3.05) is 0 Å². The Kier molecular flexibility index (Phi) is 2.09. The number of carboxylic acid groups (broad SMARTS) is 1. The fourth-order valence-corrected chi connectivity index (χ4v) is 1.51. The SMILES string of the molecule is O=C(NC1CCC1)NC1(C(=O)O)CC1. The molecule has 0 radical (unpaired) electrons. The van der Waals surface area contributed by atoms with Gasteiger partial charge in [-0.25, -0.2) is 9.59 Å². The zero-order valence-corrected chi connectivity index (χ0v) is 7.88. The minimum Gasteiger partial charge on any atom is -0.480 e. The molecule has 5 heteroatoms. The minimum atomic E-state index is -0.964. The summed E-state index contributed by atoms with van der Waals surface area (Å²) in [6.45, 7) is 0. The van der Waals surface area contributed by atoms with Crippen LogP contribution in [0.4, 0.5) is 4.79 Å². The Labute approximate surface area is 81.9 Å². The first-order valence-electron chi connectivity index (χ1n) is 4.94. The molecule has 78 valence electrons. The molecule has 0 aromatic carbocycles. The van der Waals surface area contributed by atoms with E-state index in [0.717, 1.165) is 19.3 Å². The molecule has 0 atom stereocenters. The molecule has 5 nitrogen and oxygen atoms in total. The fraction of sp³-hybridized carbons (Fsp3) is 0.778. The van der Waals surface area contributed by atoms with E-state index >= 15 is 0 Å². The topological polar surface area (TPSA) is 78.4 Å². The summed E-state index contributed by atoms with van der Waals surface area (Å²) in [6, 6.07) is -0.0887. The number of aliphatic carboxylic acids is 1. The molecule has 2 saturated carbocycles. The maximum atomic E-state index is 11.3. The third-order valence-electron chi connectivity index (χ3n) is 2.95. The predicted molar refractivity (Wildman–Crippen MR) is 48.9 cm³/mol. The van der Waals surface area contributed by atoms with Crippen LogP contribution in [0.5, 0.6) is 0 Å². The summed E-state index contributed by atoms with van der Waals surface area (Å²) in [5.41, 5.74) is -0.964. The van der Waals surface area contributed by atoms with Gasteiger partial charge in [-0.15, -0.1) is 0 Å². The smallest absolute Gasteiger partial charge is 0.329 e. The first-order valence-corrected chi connectivity index (χ1v) is 4.94. The summed E-state index contributed by atoms with van der Waals surface area (Å²) in [5.74, 6) is -0.929. The maximum absolute atomic E-state index is 11.3. The summed E-state index contributed by atoms with van der Waals surface area (Å²) >= 11 is 0. The lowest BCUT2D eigenvalue weighted by atomic mass is 9.93. The van der Waals surface area contributed by atoms with Gasteiger partial charge in [-0.05, 0) is 32.1 Å². The molecule has 0 aliphatic heterocycles. The van der Waals surface area contributed by atoms with E-state index in [1.165, 1.54) is 0 Å². The molecule has 0 aromatic rings. The average molecular weight is 198 g/mol. The van der Waals surface area contributed by atoms with Gasteiger partial charge < -0.3 is 15.7 Å². The lowest BCUT2D eigenvalue weighted by Crippen LogP contribution is -2.51. The highest BCUT2D eigenvalue weighted by Gasteiger charge is 2.51. The first-order chi connectivity index (χ1) is 6.62. The van der Waals surface area contributed by atoms with Gasteiger partial charge in [0.1, 0.15) is 5.54 Å². The number of hydrogen-bond donors (Lipinski definition) is 3. The van der Waals surface area contributed by atoms with Crippen LogP contribution in [-0.2, 0) is 4.79 Å². The van der Waals surface area contributed by atoms with Crippen LogP contribution in [0.15, 0.2) is 0 Å². The van der Waals surface area contributed by atoms with Crippen LogP contribution < -0.4 is 10.6 Å². The van der Waals surface area contributed by atoms with Gasteiger partial charge in [0, 0.05) is 6.04 Å². The second-order valence-corrected chi connectivity index (χ2v) is 4.11. The molecule has 2 aliphatic rings. The van der Waals surface area contributed by atoms with Crippen molar-refractivity contribution < 1.29 is 14.7 Å². The summed E-state index contributed by atoms with van der Waals surface area (Å²) in [5, 5.41) is 14.1. The molecule has 0 aromatic heterocycles. The van der Waals surface area contributed by atoms with Crippen LogP contribution in [0.3, 0.4) is 0 Å². The predicted octanol–water partition coefficient (Wildman–Crippen LogP) is 0.455. The molecular formula is C9H14N2O3. The van der Waals surface area contributed by atoms with E-state index < -0.39 is 11.5 Å². The van der Waals surface area contributed by atoms with Crippen molar-refractivity contribution in [2.45, 2.75) is 43.7 Å². The quantitative estimate of drug-likeness (QED) is 0.616. The number of rotatable bonds is 3. The molecule has 2 aliphatic carbocycles. The molecule has 0 saturated heterocycles. The zero-order valence-electron chi connectivity index (χ0n) is 7.88. The molecule has 2 fully saturated rings. The number of urea groups is 1. The molecule has 2 rings (SSSR count). The summed E-state index contributed by atoms with van der Waals surface area (Å²) in [6.07, 6.45) is 4.25. The van der Waals surface area contributed by atoms with Crippen LogP contribution >= 0.6 is 0 Å². The Morgan fingerprint density at radius 3 is 2.29 bits per heavy atom. The van der Waals surface area contributed by atoms with Crippen molar-refractivity contribution >= 4 is 12.0 Å². The van der Waals surface area contributed by atoms with Gasteiger partial charge in [-0.3, -0.25) is 0 Å². The lowest BCUT2D eigenvalue weighted by molar-refractivity contribution is -0.140. The van der Waals surface area contributed by atoms with E-state index in [4.69, 9.17) is 5.11 Å². The Bertz CT molecular complexity index is 269. The standard InChI is InChI=1S/C9H14N2O3/c12-7(13)9(4-5-9)11-8(14)10-6-2-1-3-6/h6H,1-5H2,(H,12,13)(H2,10,11,14). The molecular weight excluding hydrogens is 184 g/mol. The molecule has 0 spiro atoms. The molecule has 2 amide bonds. The summed E-state index contributed by atoms with van der Waals surface area (Å²) < 4.78 is 0. The second-order valence-electron chi connectivity index (χ2n) is 4.11. The van der Waals surface area contributed by atoms with Crippen molar-refractivity contribution in [2.24, 2.45) is 0 Å². The molecule has 0 heterocycles. The van der Waals surface area contributed by atoms with E-state index in [0.29, 0.717) is 12.8 Å². The zero-order chi connectivity index (χ0) is 10.2. The van der Waals surface area contributed by atoms with Crippen molar-refractivity contribution in [1.29, 1.82) is 0 Å². The summed E-state index contributed by atoms with van der Waals surface area (Å²) in [4.78, 5) is 22.1. The maximum Gasteiger partial charge on any atom is 0.329 e. The number of carboxylic acids is 1. The van der Waals surface area contributed by atoms with Gasteiger partial charge in [-0.2, -0.15) is 0 Å². The molecule has 0 bridgehead atoms. The third kappa shape index (κ3) is 1.66. The highest BCUT2D eigenvalue weighted by Crippen LogP contribution is 2.35. The van der Waals surface area contributed by atoms with Gasteiger partial charge in [0.2, 0.25) is 0 Å².